The fourth-order valence-corrected chi connectivity index (χ4v) is 2.89. The van der Waals surface area contributed by atoms with Gasteiger partial charge in [-0.2, -0.15) is 0 Å². The molecule has 0 fully saturated rings. The smallest absolute Gasteiger partial charge is 0.262 e. The zero-order valence-electron chi connectivity index (χ0n) is 11.2. The molecule has 0 radical (unpaired) electrons. The molecule has 2 aromatic rings. The van der Waals surface area contributed by atoms with Crippen LogP contribution >= 0.6 is 0 Å². The second-order valence-electron chi connectivity index (χ2n) is 4.53. The Labute approximate surface area is 121 Å². The van der Waals surface area contributed by atoms with Crippen LogP contribution in [-0.2, 0) is 16.6 Å². The largest absolute Gasteiger partial charge is 0.326 e. The molecule has 0 atom stereocenters. The van der Waals surface area contributed by atoms with Gasteiger partial charge in [-0.25, -0.2) is 17.2 Å². The van der Waals surface area contributed by atoms with Gasteiger partial charge in [0.25, 0.3) is 10.0 Å². The van der Waals surface area contributed by atoms with E-state index in [-0.39, 0.29) is 11.4 Å². The van der Waals surface area contributed by atoms with Gasteiger partial charge in [-0.15, -0.1) is 0 Å². The van der Waals surface area contributed by atoms with Crippen LogP contribution < -0.4 is 10.5 Å². The lowest BCUT2D eigenvalue weighted by molar-refractivity contribution is 0.504. The summed E-state index contributed by atoms with van der Waals surface area (Å²) in [7, 11) is -4.00. The zero-order chi connectivity index (χ0) is 15.6. The summed E-state index contributed by atoms with van der Waals surface area (Å²) in [5.74, 6) is -2.32. The third-order valence-electron chi connectivity index (χ3n) is 2.98. The first-order valence-corrected chi connectivity index (χ1v) is 7.59. The molecule has 2 rings (SSSR count). The minimum absolute atomic E-state index is 0.264. The highest BCUT2D eigenvalue weighted by Gasteiger charge is 2.17. The molecule has 0 heterocycles. The van der Waals surface area contributed by atoms with E-state index < -0.39 is 21.7 Å². The van der Waals surface area contributed by atoms with Gasteiger partial charge < -0.3 is 5.73 Å². The lowest BCUT2D eigenvalue weighted by Gasteiger charge is -2.12. The van der Waals surface area contributed by atoms with Crippen LogP contribution in [0, 0.1) is 18.6 Å². The average Bonchev–Trinajstić information content (AvgIpc) is 2.44. The monoisotopic (exact) mass is 312 g/mol. The number of aryl methyl sites for hydroxylation is 1. The third kappa shape index (κ3) is 3.37. The van der Waals surface area contributed by atoms with Crippen molar-refractivity contribution in [1.82, 2.24) is 0 Å². The Kier molecular flexibility index (Phi) is 4.24. The van der Waals surface area contributed by atoms with Crippen LogP contribution in [0.3, 0.4) is 0 Å². The van der Waals surface area contributed by atoms with Crippen LogP contribution in [0.15, 0.2) is 41.3 Å². The van der Waals surface area contributed by atoms with Crippen molar-refractivity contribution >= 4 is 15.7 Å². The predicted molar refractivity (Wildman–Crippen MR) is 76.2 cm³/mol. The number of nitrogens with one attached hydrogen (secondary N) is 1. The van der Waals surface area contributed by atoms with Gasteiger partial charge in [-0.3, -0.25) is 4.72 Å². The minimum Gasteiger partial charge on any atom is -0.326 e. The number of nitrogens with two attached hydrogens (primary N) is 1. The first-order chi connectivity index (χ1) is 9.83. The van der Waals surface area contributed by atoms with E-state index in [0.717, 1.165) is 17.7 Å². The molecule has 0 aromatic heterocycles. The first kappa shape index (κ1) is 15.4. The van der Waals surface area contributed by atoms with Crippen LogP contribution in [0.25, 0.3) is 0 Å². The highest BCUT2D eigenvalue weighted by molar-refractivity contribution is 7.92. The molecule has 3 N–H and O–H groups in total. The van der Waals surface area contributed by atoms with Gasteiger partial charge in [-0.1, -0.05) is 12.1 Å². The van der Waals surface area contributed by atoms with Gasteiger partial charge in [0.15, 0.2) is 11.6 Å². The first-order valence-electron chi connectivity index (χ1n) is 6.11. The van der Waals surface area contributed by atoms with Crippen molar-refractivity contribution in [3.05, 3.63) is 59.2 Å². The summed E-state index contributed by atoms with van der Waals surface area (Å²) in [6, 6.07) is 7.53. The molecule has 0 aliphatic carbocycles. The van der Waals surface area contributed by atoms with Crippen LogP contribution in [0.2, 0.25) is 0 Å². The number of rotatable bonds is 4. The highest BCUT2D eigenvalue weighted by Crippen LogP contribution is 2.22. The van der Waals surface area contributed by atoms with Gasteiger partial charge in [0.2, 0.25) is 0 Å². The Bertz CT molecular complexity index is 777. The maximum atomic E-state index is 13.2. The Morgan fingerprint density at radius 1 is 1.10 bits per heavy atom. The SMILES string of the molecule is Cc1ccc(CN)cc1NS(=O)(=O)c1ccc(F)c(F)c1. The molecule has 2 aromatic carbocycles. The number of hydrogen-bond acceptors (Lipinski definition) is 3. The maximum Gasteiger partial charge on any atom is 0.262 e. The van der Waals surface area contributed by atoms with E-state index in [0.29, 0.717) is 17.3 Å². The van der Waals surface area contributed by atoms with Gasteiger partial charge in [0, 0.05) is 6.54 Å². The Balaban J connectivity index is 2.39. The quantitative estimate of drug-likeness (QED) is 0.911. The highest BCUT2D eigenvalue weighted by atomic mass is 32.2. The van der Waals surface area contributed by atoms with Crippen LogP contribution in [0.4, 0.5) is 14.5 Å². The summed E-state index contributed by atoms with van der Waals surface area (Å²) >= 11 is 0. The molecule has 0 saturated carbocycles. The maximum absolute atomic E-state index is 13.2. The number of anilines is 1. The molecule has 0 saturated heterocycles. The zero-order valence-corrected chi connectivity index (χ0v) is 12.0. The molecule has 0 spiro atoms. The van der Waals surface area contributed by atoms with E-state index in [9.17, 15) is 17.2 Å². The van der Waals surface area contributed by atoms with Crippen molar-refractivity contribution in [2.24, 2.45) is 5.73 Å². The van der Waals surface area contributed by atoms with E-state index in [1.54, 1.807) is 25.1 Å². The Hall–Kier alpha value is -1.99. The number of halogens is 2. The lowest BCUT2D eigenvalue weighted by atomic mass is 10.1. The second-order valence-corrected chi connectivity index (χ2v) is 6.22. The predicted octanol–water partition coefficient (Wildman–Crippen LogP) is 2.53. The van der Waals surface area contributed by atoms with Crippen molar-refractivity contribution < 1.29 is 17.2 Å². The number of benzene rings is 2. The van der Waals surface area contributed by atoms with Crippen LogP contribution in [0.5, 0.6) is 0 Å². The lowest BCUT2D eigenvalue weighted by Crippen LogP contribution is -2.14. The summed E-state index contributed by atoms with van der Waals surface area (Å²) in [4.78, 5) is -0.348. The normalized spacial score (nSPS) is 11.4. The van der Waals surface area contributed by atoms with E-state index in [1.165, 1.54) is 0 Å². The molecule has 21 heavy (non-hydrogen) atoms. The Morgan fingerprint density at radius 3 is 2.43 bits per heavy atom. The molecular weight excluding hydrogens is 298 g/mol. The van der Waals surface area contributed by atoms with E-state index in [1.807, 2.05) is 0 Å². The Morgan fingerprint density at radius 2 is 1.81 bits per heavy atom. The van der Waals surface area contributed by atoms with Crippen molar-refractivity contribution in [3.63, 3.8) is 0 Å². The van der Waals surface area contributed by atoms with Gasteiger partial charge in [0.05, 0.1) is 10.6 Å². The fourth-order valence-electron chi connectivity index (χ4n) is 1.75. The van der Waals surface area contributed by atoms with Crippen molar-refractivity contribution in [1.29, 1.82) is 0 Å². The average molecular weight is 312 g/mol. The molecule has 0 aliphatic rings. The standard InChI is InChI=1S/C14H14F2N2O2S/c1-9-2-3-10(8-17)6-14(9)18-21(19,20)11-4-5-12(15)13(16)7-11/h2-7,18H,8,17H2,1H3. The second kappa shape index (κ2) is 5.79. The van der Waals surface area contributed by atoms with Gasteiger partial charge in [0.1, 0.15) is 0 Å². The summed E-state index contributed by atoms with van der Waals surface area (Å²) in [6.45, 7) is 1.99. The van der Waals surface area contributed by atoms with Crippen LogP contribution in [0.1, 0.15) is 11.1 Å². The molecular formula is C14H14F2N2O2S. The molecule has 112 valence electrons. The number of sulfonamides is 1. The van der Waals surface area contributed by atoms with Crippen molar-refractivity contribution in [3.8, 4) is 0 Å². The molecule has 4 nitrogen and oxygen atoms in total. The topological polar surface area (TPSA) is 72.2 Å². The number of hydrogen-bond donors (Lipinski definition) is 2. The summed E-state index contributed by atoms with van der Waals surface area (Å²) in [5, 5.41) is 0. The van der Waals surface area contributed by atoms with Gasteiger partial charge >= 0.3 is 0 Å². The summed E-state index contributed by atoms with van der Waals surface area (Å²) in [5.41, 5.74) is 7.31. The molecule has 0 aliphatic heterocycles. The van der Waals surface area contributed by atoms with Gasteiger partial charge in [-0.05, 0) is 42.3 Å². The third-order valence-corrected chi connectivity index (χ3v) is 4.35. The molecule has 7 heteroatoms. The van der Waals surface area contributed by atoms with Crippen LogP contribution in [-0.4, -0.2) is 8.42 Å². The van der Waals surface area contributed by atoms with E-state index >= 15 is 0 Å². The van der Waals surface area contributed by atoms with E-state index in [2.05, 4.69) is 4.72 Å². The molecule has 0 bridgehead atoms. The van der Waals surface area contributed by atoms with E-state index in [4.69, 9.17) is 5.73 Å². The van der Waals surface area contributed by atoms with Crippen molar-refractivity contribution in [2.75, 3.05) is 4.72 Å². The molecule has 0 amide bonds. The minimum atomic E-state index is -4.00. The molecule has 0 unspecified atom stereocenters. The van der Waals surface area contributed by atoms with Crippen molar-refractivity contribution in [2.45, 2.75) is 18.4 Å². The summed E-state index contributed by atoms with van der Waals surface area (Å²) in [6.07, 6.45) is 0. The fraction of sp³-hybridized carbons (Fsp3) is 0.143. The summed E-state index contributed by atoms with van der Waals surface area (Å²) < 4.78 is 52.8.